The molecule has 0 atom stereocenters. The first kappa shape index (κ1) is 17.1. The Kier molecular flexibility index (Phi) is 5.08. The van der Waals surface area contributed by atoms with E-state index in [-0.39, 0.29) is 24.5 Å². The molecule has 2 aromatic rings. The third-order valence-corrected chi connectivity index (χ3v) is 4.56. The van der Waals surface area contributed by atoms with E-state index in [2.05, 4.69) is 20.5 Å². The lowest BCUT2D eigenvalue weighted by Crippen LogP contribution is -2.54. The van der Waals surface area contributed by atoms with Gasteiger partial charge >= 0.3 is 5.97 Å². The Morgan fingerprint density at radius 1 is 1.36 bits per heavy atom. The van der Waals surface area contributed by atoms with Crippen molar-refractivity contribution in [1.29, 1.82) is 0 Å². The Morgan fingerprint density at radius 2 is 2.08 bits per heavy atom. The van der Waals surface area contributed by atoms with E-state index in [9.17, 15) is 9.59 Å². The van der Waals surface area contributed by atoms with Gasteiger partial charge in [0.05, 0.1) is 24.0 Å². The number of carboxylic acids is 1. The van der Waals surface area contributed by atoms with Crippen LogP contribution in [0.4, 0.5) is 0 Å². The molecule has 3 rings (SSSR count). The monoisotopic (exact) mass is 343 g/mol. The van der Waals surface area contributed by atoms with E-state index in [1.807, 2.05) is 24.0 Å². The van der Waals surface area contributed by atoms with Gasteiger partial charge in [-0.2, -0.15) is 5.10 Å². The molecule has 8 heteroatoms. The SMILES string of the molecule is CCN(CC(=O)O)C1CC(NC(=O)c2cn[nH]c2-c2ccncc2)C1. The van der Waals surface area contributed by atoms with E-state index in [1.165, 1.54) is 6.20 Å². The van der Waals surface area contributed by atoms with Crippen LogP contribution in [0.2, 0.25) is 0 Å². The number of nitrogens with one attached hydrogen (secondary N) is 2. The quantitative estimate of drug-likeness (QED) is 0.695. The molecule has 25 heavy (non-hydrogen) atoms. The molecule has 1 fully saturated rings. The van der Waals surface area contributed by atoms with Crippen molar-refractivity contribution in [2.24, 2.45) is 0 Å². The molecule has 2 heterocycles. The molecule has 0 unspecified atom stereocenters. The summed E-state index contributed by atoms with van der Waals surface area (Å²) in [5.41, 5.74) is 2.01. The Bertz CT molecular complexity index is 740. The Labute approximate surface area is 145 Å². The molecule has 0 bridgehead atoms. The molecular formula is C17H21N5O3. The van der Waals surface area contributed by atoms with Crippen LogP contribution in [0.15, 0.2) is 30.7 Å². The molecule has 8 nitrogen and oxygen atoms in total. The highest BCUT2D eigenvalue weighted by molar-refractivity contribution is 5.99. The number of hydrogen-bond donors (Lipinski definition) is 3. The smallest absolute Gasteiger partial charge is 0.317 e. The van der Waals surface area contributed by atoms with Gasteiger partial charge < -0.3 is 10.4 Å². The zero-order chi connectivity index (χ0) is 17.8. The summed E-state index contributed by atoms with van der Waals surface area (Å²) in [6, 6.07) is 3.89. The minimum absolute atomic E-state index is 0.0375. The van der Waals surface area contributed by atoms with Crippen molar-refractivity contribution in [2.45, 2.75) is 31.8 Å². The largest absolute Gasteiger partial charge is 0.480 e. The maximum atomic E-state index is 12.5. The van der Waals surface area contributed by atoms with E-state index in [4.69, 9.17) is 5.11 Å². The number of amides is 1. The van der Waals surface area contributed by atoms with E-state index in [0.717, 1.165) is 18.4 Å². The summed E-state index contributed by atoms with van der Waals surface area (Å²) in [4.78, 5) is 29.3. The van der Waals surface area contributed by atoms with Crippen molar-refractivity contribution < 1.29 is 14.7 Å². The van der Waals surface area contributed by atoms with E-state index in [1.54, 1.807) is 12.4 Å². The van der Waals surface area contributed by atoms with Crippen molar-refractivity contribution in [1.82, 2.24) is 25.4 Å². The van der Waals surface area contributed by atoms with Crippen LogP contribution < -0.4 is 5.32 Å². The minimum atomic E-state index is -0.824. The number of aromatic nitrogens is 3. The van der Waals surface area contributed by atoms with Gasteiger partial charge in [0.25, 0.3) is 5.91 Å². The summed E-state index contributed by atoms with van der Waals surface area (Å²) in [6.45, 7) is 2.67. The molecule has 0 aromatic carbocycles. The highest BCUT2D eigenvalue weighted by Crippen LogP contribution is 2.27. The highest BCUT2D eigenvalue weighted by atomic mass is 16.4. The Hall–Kier alpha value is -2.74. The third-order valence-electron chi connectivity index (χ3n) is 4.56. The number of hydrogen-bond acceptors (Lipinski definition) is 5. The number of aromatic amines is 1. The second kappa shape index (κ2) is 7.43. The topological polar surface area (TPSA) is 111 Å². The minimum Gasteiger partial charge on any atom is -0.480 e. The van der Waals surface area contributed by atoms with Crippen LogP contribution in [0, 0.1) is 0 Å². The summed E-state index contributed by atoms with van der Waals surface area (Å²) in [5, 5.41) is 18.8. The summed E-state index contributed by atoms with van der Waals surface area (Å²) in [7, 11) is 0. The highest BCUT2D eigenvalue weighted by Gasteiger charge is 2.35. The fourth-order valence-corrected chi connectivity index (χ4v) is 3.14. The van der Waals surface area contributed by atoms with Crippen LogP contribution in [0.25, 0.3) is 11.3 Å². The van der Waals surface area contributed by atoms with Gasteiger partial charge in [0.1, 0.15) is 0 Å². The number of aliphatic carboxylic acids is 1. The van der Waals surface area contributed by atoms with Crippen molar-refractivity contribution in [2.75, 3.05) is 13.1 Å². The van der Waals surface area contributed by atoms with Crippen molar-refractivity contribution in [3.8, 4) is 11.3 Å². The van der Waals surface area contributed by atoms with Crippen LogP contribution in [-0.2, 0) is 4.79 Å². The normalized spacial score (nSPS) is 19.4. The molecule has 1 aliphatic rings. The molecule has 0 saturated heterocycles. The van der Waals surface area contributed by atoms with Gasteiger partial charge in [-0.05, 0) is 31.5 Å². The number of carbonyl (C=O) groups excluding carboxylic acids is 1. The van der Waals surface area contributed by atoms with Crippen LogP contribution in [0.3, 0.4) is 0 Å². The van der Waals surface area contributed by atoms with Gasteiger partial charge in [0.2, 0.25) is 0 Å². The summed E-state index contributed by atoms with van der Waals surface area (Å²) in [5.74, 6) is -1.000. The predicted molar refractivity (Wildman–Crippen MR) is 91.0 cm³/mol. The maximum absolute atomic E-state index is 12.5. The second-order valence-corrected chi connectivity index (χ2v) is 6.15. The molecule has 132 valence electrons. The van der Waals surface area contributed by atoms with Crippen molar-refractivity contribution in [3.63, 3.8) is 0 Å². The molecule has 0 aliphatic heterocycles. The van der Waals surface area contributed by atoms with Gasteiger partial charge in [-0.1, -0.05) is 6.92 Å². The number of carbonyl (C=O) groups is 2. The average Bonchev–Trinajstić information content (AvgIpc) is 3.06. The molecule has 0 radical (unpaired) electrons. The second-order valence-electron chi connectivity index (χ2n) is 6.15. The summed E-state index contributed by atoms with van der Waals surface area (Å²) >= 11 is 0. The predicted octanol–water partition coefficient (Wildman–Crippen LogP) is 1.14. The molecule has 1 amide bonds. The molecule has 0 spiro atoms. The van der Waals surface area contributed by atoms with Gasteiger partial charge in [-0.3, -0.25) is 24.6 Å². The summed E-state index contributed by atoms with van der Waals surface area (Å²) < 4.78 is 0. The first-order valence-electron chi connectivity index (χ1n) is 8.29. The fraction of sp³-hybridized carbons (Fsp3) is 0.412. The zero-order valence-corrected chi connectivity index (χ0v) is 14.0. The summed E-state index contributed by atoms with van der Waals surface area (Å²) in [6.07, 6.45) is 6.36. The van der Waals surface area contributed by atoms with Crippen molar-refractivity contribution in [3.05, 3.63) is 36.3 Å². The molecular weight excluding hydrogens is 322 g/mol. The lowest BCUT2D eigenvalue weighted by Gasteiger charge is -2.42. The van der Waals surface area contributed by atoms with Gasteiger partial charge in [0.15, 0.2) is 0 Å². The lowest BCUT2D eigenvalue weighted by molar-refractivity contribution is -0.139. The van der Waals surface area contributed by atoms with Crippen molar-refractivity contribution >= 4 is 11.9 Å². The molecule has 2 aromatic heterocycles. The molecule has 1 aliphatic carbocycles. The van der Waals surface area contributed by atoms with Crippen LogP contribution in [0.5, 0.6) is 0 Å². The van der Waals surface area contributed by atoms with E-state index >= 15 is 0 Å². The Morgan fingerprint density at radius 3 is 2.72 bits per heavy atom. The van der Waals surface area contributed by atoms with Crippen LogP contribution in [0.1, 0.15) is 30.1 Å². The number of likely N-dealkylation sites (N-methyl/N-ethyl adjacent to an activating group) is 1. The standard InChI is InChI=1S/C17H21N5O3/c1-2-22(10-15(23)24)13-7-12(8-13)20-17(25)14-9-19-21-16(14)11-3-5-18-6-4-11/h3-6,9,12-13H,2,7-8,10H2,1H3,(H,19,21)(H,20,25)(H,23,24). The third kappa shape index (κ3) is 3.85. The number of rotatable bonds is 7. The zero-order valence-electron chi connectivity index (χ0n) is 14.0. The van der Waals surface area contributed by atoms with Crippen LogP contribution >= 0.6 is 0 Å². The lowest BCUT2D eigenvalue weighted by atomic mass is 9.85. The first-order chi connectivity index (χ1) is 12.1. The van der Waals surface area contributed by atoms with E-state index in [0.29, 0.717) is 17.8 Å². The van der Waals surface area contributed by atoms with Gasteiger partial charge in [-0.15, -0.1) is 0 Å². The number of H-pyrrole nitrogens is 1. The number of nitrogens with zero attached hydrogens (tertiary/aromatic N) is 3. The molecule has 1 saturated carbocycles. The Balaban J connectivity index is 1.58. The first-order valence-corrected chi connectivity index (χ1v) is 8.29. The average molecular weight is 343 g/mol. The maximum Gasteiger partial charge on any atom is 0.317 e. The van der Waals surface area contributed by atoms with Gasteiger partial charge in [-0.25, -0.2) is 0 Å². The number of carboxylic acid groups (broad SMARTS) is 1. The fourth-order valence-electron chi connectivity index (χ4n) is 3.14. The number of pyridine rings is 1. The molecule has 3 N–H and O–H groups in total. The van der Waals surface area contributed by atoms with Crippen LogP contribution in [-0.4, -0.2) is 62.2 Å². The van der Waals surface area contributed by atoms with E-state index < -0.39 is 5.97 Å². The van der Waals surface area contributed by atoms with Gasteiger partial charge in [0, 0.05) is 30.0 Å².